The summed E-state index contributed by atoms with van der Waals surface area (Å²) in [6.45, 7) is 14.2. The van der Waals surface area contributed by atoms with Crippen LogP contribution >= 0.6 is 15.6 Å². The Kier molecular flexibility index (Phi) is 63.1. The van der Waals surface area contributed by atoms with Crippen LogP contribution in [0.15, 0.2) is 0 Å². The van der Waals surface area contributed by atoms with Crippen LogP contribution in [-0.2, 0) is 65.4 Å². The van der Waals surface area contributed by atoms with Gasteiger partial charge >= 0.3 is 39.5 Å². The molecule has 19 heteroatoms. The topological polar surface area (TPSA) is 237 Å². The maximum absolute atomic E-state index is 13.1. The minimum absolute atomic E-state index is 0.105. The number of phosphoric ester groups is 2. The number of hydrogen-bond donors (Lipinski definition) is 3. The molecule has 94 heavy (non-hydrogen) atoms. The summed E-state index contributed by atoms with van der Waals surface area (Å²) in [5.74, 6) is 0.902. The van der Waals surface area contributed by atoms with Crippen LogP contribution in [0.25, 0.3) is 0 Å². The molecule has 0 aromatic rings. The van der Waals surface area contributed by atoms with Crippen LogP contribution in [0, 0.1) is 23.7 Å². The lowest BCUT2D eigenvalue weighted by molar-refractivity contribution is -0.161. The first-order chi connectivity index (χ1) is 45.1. The van der Waals surface area contributed by atoms with E-state index in [1.54, 1.807) is 0 Å². The van der Waals surface area contributed by atoms with Crippen LogP contribution in [-0.4, -0.2) is 96.7 Å². The van der Waals surface area contributed by atoms with E-state index >= 15 is 0 Å². The highest BCUT2D eigenvalue weighted by Crippen LogP contribution is 2.45. The number of aliphatic hydroxyl groups excluding tert-OH is 1. The molecule has 0 aliphatic rings. The number of carbonyl (C=O) groups excluding carboxylic acids is 4. The van der Waals surface area contributed by atoms with Crippen molar-refractivity contribution < 1.29 is 80.2 Å². The highest BCUT2D eigenvalue weighted by molar-refractivity contribution is 7.47. The Morgan fingerprint density at radius 3 is 0.660 bits per heavy atom. The van der Waals surface area contributed by atoms with Crippen molar-refractivity contribution in [2.75, 3.05) is 39.6 Å². The lowest BCUT2D eigenvalue weighted by atomic mass is 10.0. The Balaban J connectivity index is 5.25. The van der Waals surface area contributed by atoms with Gasteiger partial charge in [-0.15, -0.1) is 0 Å². The molecule has 0 radical (unpaired) electrons. The monoisotopic (exact) mass is 1380 g/mol. The van der Waals surface area contributed by atoms with Crippen molar-refractivity contribution in [1.29, 1.82) is 0 Å². The zero-order valence-corrected chi connectivity index (χ0v) is 63.4. The summed E-state index contributed by atoms with van der Waals surface area (Å²) < 4.78 is 68.5. The summed E-state index contributed by atoms with van der Waals surface area (Å²) in [6.07, 6.45) is 48.6. The average molecular weight is 1380 g/mol. The van der Waals surface area contributed by atoms with Gasteiger partial charge in [-0.1, -0.05) is 325 Å². The van der Waals surface area contributed by atoms with Crippen molar-refractivity contribution in [3.63, 3.8) is 0 Å². The lowest BCUT2D eigenvalue weighted by Crippen LogP contribution is -2.30. The minimum Gasteiger partial charge on any atom is -0.462 e. The summed E-state index contributed by atoms with van der Waals surface area (Å²) in [4.78, 5) is 72.8. The molecule has 3 N–H and O–H groups in total. The first kappa shape index (κ1) is 92.1. The van der Waals surface area contributed by atoms with E-state index in [4.69, 9.17) is 37.0 Å². The Morgan fingerprint density at radius 1 is 0.266 bits per heavy atom. The van der Waals surface area contributed by atoms with Gasteiger partial charge in [0.2, 0.25) is 0 Å². The van der Waals surface area contributed by atoms with E-state index in [1.807, 2.05) is 0 Å². The second-order valence-corrected chi connectivity index (χ2v) is 31.9. The molecule has 5 atom stereocenters. The molecule has 17 nitrogen and oxygen atoms in total. The third kappa shape index (κ3) is 68.6. The maximum atomic E-state index is 13.1. The number of esters is 4. The molecule has 0 aromatic heterocycles. The normalized spacial score (nSPS) is 14.2. The fourth-order valence-electron chi connectivity index (χ4n) is 11.4. The molecule has 0 fully saturated rings. The average Bonchev–Trinajstić information content (AvgIpc) is 1.20. The van der Waals surface area contributed by atoms with Gasteiger partial charge in [0.15, 0.2) is 12.2 Å². The van der Waals surface area contributed by atoms with E-state index in [1.165, 1.54) is 173 Å². The number of ether oxygens (including phenoxy) is 4. The summed E-state index contributed by atoms with van der Waals surface area (Å²) in [6, 6.07) is 0. The molecule has 558 valence electrons. The molecular weight excluding hydrogens is 1230 g/mol. The molecule has 3 unspecified atom stereocenters. The molecule has 0 rings (SSSR count). The molecule has 0 aromatic carbocycles. The fourth-order valence-corrected chi connectivity index (χ4v) is 13.0. The van der Waals surface area contributed by atoms with E-state index in [2.05, 4.69) is 55.4 Å². The summed E-state index contributed by atoms with van der Waals surface area (Å²) in [5, 5.41) is 10.6. The number of rotatable bonds is 72. The van der Waals surface area contributed by atoms with E-state index in [0.717, 1.165) is 114 Å². The van der Waals surface area contributed by atoms with Gasteiger partial charge < -0.3 is 33.8 Å². The Morgan fingerprint density at radius 2 is 0.447 bits per heavy atom. The van der Waals surface area contributed by atoms with Crippen molar-refractivity contribution in [1.82, 2.24) is 0 Å². The van der Waals surface area contributed by atoms with Crippen LogP contribution < -0.4 is 0 Å². The zero-order valence-electron chi connectivity index (χ0n) is 61.6. The fraction of sp³-hybridized carbons (Fsp3) is 0.947. The molecule has 0 amide bonds. The predicted octanol–water partition coefficient (Wildman–Crippen LogP) is 21.7. The maximum Gasteiger partial charge on any atom is 0.472 e. The van der Waals surface area contributed by atoms with Crippen LogP contribution in [0.1, 0.15) is 376 Å². The van der Waals surface area contributed by atoms with Crippen molar-refractivity contribution in [3.05, 3.63) is 0 Å². The van der Waals surface area contributed by atoms with Gasteiger partial charge in [-0.05, 0) is 49.4 Å². The van der Waals surface area contributed by atoms with Crippen LogP contribution in [0.3, 0.4) is 0 Å². The number of hydrogen-bond acceptors (Lipinski definition) is 15. The predicted molar refractivity (Wildman–Crippen MR) is 381 cm³/mol. The Bertz CT molecular complexity index is 1850. The Labute approximate surface area is 575 Å². The van der Waals surface area contributed by atoms with Gasteiger partial charge in [-0.3, -0.25) is 37.3 Å². The van der Waals surface area contributed by atoms with Crippen molar-refractivity contribution >= 4 is 39.5 Å². The Hall–Kier alpha value is -1.94. The van der Waals surface area contributed by atoms with Gasteiger partial charge in [0.25, 0.3) is 0 Å². The van der Waals surface area contributed by atoms with E-state index in [9.17, 15) is 43.2 Å². The number of unbranched alkanes of at least 4 members (excludes halogenated alkanes) is 38. The van der Waals surface area contributed by atoms with E-state index < -0.39 is 97.5 Å². The van der Waals surface area contributed by atoms with Crippen LogP contribution in [0.4, 0.5) is 0 Å². The molecular formula is C75H146O17P2. The third-order valence-corrected chi connectivity index (χ3v) is 19.2. The SMILES string of the molecule is CC(C)CCCCCCCCCCCCCCCCC(=O)O[C@H](COC(=O)CCCCCCCCCCCCC(C)C)COP(=O)(O)OCC(O)COP(=O)(O)OC[C@@H](COC(=O)CCCCCCCCCC(C)C)OC(=O)CCCCCCCCCCCCCC(C)C. The van der Waals surface area contributed by atoms with Gasteiger partial charge in [-0.25, -0.2) is 9.13 Å². The summed E-state index contributed by atoms with van der Waals surface area (Å²) in [7, 11) is -9.91. The molecule has 0 aliphatic heterocycles. The van der Waals surface area contributed by atoms with Crippen LogP contribution in [0.5, 0.6) is 0 Å². The number of carbonyl (C=O) groups is 4. The van der Waals surface area contributed by atoms with E-state index in [0.29, 0.717) is 31.6 Å². The van der Waals surface area contributed by atoms with Crippen LogP contribution in [0.2, 0.25) is 0 Å². The summed E-state index contributed by atoms with van der Waals surface area (Å²) >= 11 is 0. The molecule has 0 saturated heterocycles. The van der Waals surface area contributed by atoms with Gasteiger partial charge in [0.1, 0.15) is 19.3 Å². The second-order valence-electron chi connectivity index (χ2n) is 28.9. The minimum atomic E-state index is -4.96. The highest BCUT2D eigenvalue weighted by atomic mass is 31.2. The van der Waals surface area contributed by atoms with Crippen molar-refractivity contribution in [2.24, 2.45) is 23.7 Å². The first-order valence-corrected chi connectivity index (χ1v) is 41.7. The van der Waals surface area contributed by atoms with Crippen molar-refractivity contribution in [2.45, 2.75) is 395 Å². The van der Waals surface area contributed by atoms with Crippen molar-refractivity contribution in [3.8, 4) is 0 Å². The van der Waals surface area contributed by atoms with Gasteiger partial charge in [0, 0.05) is 25.7 Å². The van der Waals surface area contributed by atoms with Gasteiger partial charge in [-0.2, -0.15) is 0 Å². The third-order valence-electron chi connectivity index (χ3n) is 17.3. The smallest absolute Gasteiger partial charge is 0.462 e. The molecule has 0 aliphatic carbocycles. The lowest BCUT2D eigenvalue weighted by Gasteiger charge is -2.21. The molecule has 0 spiro atoms. The molecule has 0 heterocycles. The number of phosphoric acid groups is 2. The standard InChI is InChI=1S/C75H146O17P2/c1-65(2)51-43-35-27-20-14-11-9-10-12-16-24-32-41-49-57-74(79)91-70(61-85-72(77)55-47-39-31-23-19-18-22-29-37-45-53-67(5)6)63-89-93(81,82)87-59-69(76)60-88-94(83,84)90-64-71(62-86-73(78)56-48-40-34-26-30-38-46-54-68(7)8)92-75(80)58-50-42-33-25-17-13-15-21-28-36-44-52-66(3)4/h65-71,76H,9-64H2,1-8H3,(H,81,82)(H,83,84)/t69?,70-,71-/m1/s1. The second kappa shape index (κ2) is 64.4. The zero-order chi connectivity index (χ0) is 69.6. The molecule has 0 bridgehead atoms. The summed E-state index contributed by atoms with van der Waals surface area (Å²) in [5.41, 5.74) is 0. The van der Waals surface area contributed by atoms with Gasteiger partial charge in [0.05, 0.1) is 26.4 Å². The quantitative estimate of drug-likeness (QED) is 0.0222. The molecule has 0 saturated carbocycles. The highest BCUT2D eigenvalue weighted by Gasteiger charge is 2.30. The first-order valence-electron chi connectivity index (χ1n) is 38.7. The van der Waals surface area contributed by atoms with E-state index in [-0.39, 0.29) is 25.7 Å². The largest absolute Gasteiger partial charge is 0.472 e. The number of aliphatic hydroxyl groups is 1.